The van der Waals surface area contributed by atoms with Gasteiger partial charge in [0.1, 0.15) is 17.4 Å². The normalized spacial score (nSPS) is 11.9. The van der Waals surface area contributed by atoms with E-state index in [4.69, 9.17) is 16.7 Å². The number of nitrogens with zero attached hydrogens (tertiary/aromatic N) is 2. The highest BCUT2D eigenvalue weighted by molar-refractivity contribution is 7.99. The lowest BCUT2D eigenvalue weighted by Crippen LogP contribution is -2.41. The predicted molar refractivity (Wildman–Crippen MR) is 63.0 cm³/mol. The van der Waals surface area contributed by atoms with Gasteiger partial charge >= 0.3 is 5.97 Å². The first-order valence-electron chi connectivity index (χ1n) is 4.59. The van der Waals surface area contributed by atoms with E-state index in [1.54, 1.807) is 0 Å². The summed E-state index contributed by atoms with van der Waals surface area (Å²) in [7, 11) is 0. The van der Waals surface area contributed by atoms with Gasteiger partial charge in [-0.05, 0) is 0 Å². The number of nitrogens with one attached hydrogen (secondary N) is 1. The minimum absolute atomic E-state index is 0.144. The third-order valence-electron chi connectivity index (χ3n) is 1.70. The van der Waals surface area contributed by atoms with Crippen molar-refractivity contribution in [2.45, 2.75) is 18.0 Å². The van der Waals surface area contributed by atoms with E-state index in [0.29, 0.717) is 10.0 Å². The summed E-state index contributed by atoms with van der Waals surface area (Å²) in [5.41, 5.74) is 0. The first kappa shape index (κ1) is 13.7. The Labute approximate surface area is 107 Å². The fourth-order valence-corrected chi connectivity index (χ4v) is 2.12. The molecule has 0 spiro atoms. The van der Waals surface area contributed by atoms with Crippen molar-refractivity contribution in [3.8, 4) is 0 Å². The molecule has 92 valence electrons. The average Bonchev–Trinajstić information content (AvgIpc) is 2.25. The van der Waals surface area contributed by atoms with Crippen molar-refractivity contribution in [3.05, 3.63) is 17.5 Å². The standard InChI is InChI=1S/C9H10ClN3O3S/c1-5(14)13-7(9(15)16)3-17-8-6(10)2-11-4-12-8/h2,4,7H,3H2,1H3,(H,13,14)(H,15,16). The smallest absolute Gasteiger partial charge is 0.327 e. The molecule has 0 saturated heterocycles. The summed E-state index contributed by atoms with van der Waals surface area (Å²) in [6, 6.07) is -0.969. The van der Waals surface area contributed by atoms with Crippen LogP contribution < -0.4 is 5.32 Å². The van der Waals surface area contributed by atoms with Crippen LogP contribution in [0.4, 0.5) is 0 Å². The Bertz CT molecular complexity index is 430. The number of carbonyl (C=O) groups is 2. The highest BCUT2D eigenvalue weighted by Crippen LogP contribution is 2.23. The van der Waals surface area contributed by atoms with Crippen molar-refractivity contribution < 1.29 is 14.7 Å². The SMILES string of the molecule is CC(=O)NC(CSc1ncncc1Cl)C(=O)O. The second kappa shape index (κ2) is 6.41. The molecule has 1 amide bonds. The van der Waals surface area contributed by atoms with Gasteiger partial charge in [0.2, 0.25) is 5.91 Å². The summed E-state index contributed by atoms with van der Waals surface area (Å²) in [5.74, 6) is -1.35. The predicted octanol–water partition coefficient (Wildman–Crippen LogP) is 0.811. The molecule has 17 heavy (non-hydrogen) atoms. The molecule has 0 radical (unpaired) electrons. The zero-order valence-corrected chi connectivity index (χ0v) is 10.5. The van der Waals surface area contributed by atoms with Crippen molar-refractivity contribution in [2.24, 2.45) is 0 Å². The Morgan fingerprint density at radius 3 is 2.88 bits per heavy atom. The molecule has 0 aliphatic carbocycles. The Morgan fingerprint density at radius 1 is 1.65 bits per heavy atom. The lowest BCUT2D eigenvalue weighted by atomic mass is 10.3. The van der Waals surface area contributed by atoms with E-state index in [-0.39, 0.29) is 5.75 Å². The van der Waals surface area contributed by atoms with Crippen LogP contribution in [-0.4, -0.2) is 38.7 Å². The van der Waals surface area contributed by atoms with E-state index in [9.17, 15) is 9.59 Å². The summed E-state index contributed by atoms with van der Waals surface area (Å²) in [6.45, 7) is 1.26. The molecule has 1 unspecified atom stereocenters. The second-order valence-electron chi connectivity index (χ2n) is 3.08. The number of carbonyl (C=O) groups excluding carboxylic acids is 1. The largest absolute Gasteiger partial charge is 0.480 e. The van der Waals surface area contributed by atoms with Gasteiger partial charge < -0.3 is 10.4 Å². The maximum absolute atomic E-state index is 10.8. The van der Waals surface area contributed by atoms with Crippen LogP contribution >= 0.6 is 23.4 Å². The van der Waals surface area contributed by atoms with Crippen molar-refractivity contribution >= 4 is 35.2 Å². The summed E-state index contributed by atoms with van der Waals surface area (Å²) >= 11 is 6.96. The average molecular weight is 276 g/mol. The van der Waals surface area contributed by atoms with Gasteiger partial charge in [-0.1, -0.05) is 11.6 Å². The molecule has 0 fully saturated rings. The van der Waals surface area contributed by atoms with E-state index < -0.39 is 17.9 Å². The van der Waals surface area contributed by atoms with Crippen LogP contribution in [0.2, 0.25) is 5.02 Å². The van der Waals surface area contributed by atoms with Crippen LogP contribution in [0.25, 0.3) is 0 Å². The van der Waals surface area contributed by atoms with Crippen molar-refractivity contribution in [2.75, 3.05) is 5.75 Å². The molecule has 6 nitrogen and oxygen atoms in total. The first-order chi connectivity index (χ1) is 8.00. The number of aromatic nitrogens is 2. The van der Waals surface area contributed by atoms with E-state index in [0.717, 1.165) is 11.8 Å². The number of carboxylic acids is 1. The molecule has 1 rings (SSSR count). The topological polar surface area (TPSA) is 92.2 Å². The molecule has 1 atom stereocenters. The van der Waals surface area contributed by atoms with Crippen LogP contribution in [0.15, 0.2) is 17.6 Å². The van der Waals surface area contributed by atoms with Crippen LogP contribution in [0.5, 0.6) is 0 Å². The number of amides is 1. The Kier molecular flexibility index (Phi) is 5.17. The van der Waals surface area contributed by atoms with Gasteiger partial charge in [-0.25, -0.2) is 14.8 Å². The van der Waals surface area contributed by atoms with Gasteiger partial charge in [-0.3, -0.25) is 4.79 Å². The summed E-state index contributed by atoms with van der Waals surface area (Å²) in [5, 5.41) is 12.0. The van der Waals surface area contributed by atoms with E-state index in [2.05, 4.69) is 15.3 Å². The molecule has 1 aromatic heterocycles. The zero-order chi connectivity index (χ0) is 12.8. The maximum atomic E-state index is 10.8. The molecule has 0 bridgehead atoms. The van der Waals surface area contributed by atoms with E-state index in [1.807, 2.05) is 0 Å². The highest BCUT2D eigenvalue weighted by Gasteiger charge is 2.19. The Morgan fingerprint density at radius 2 is 2.35 bits per heavy atom. The number of carboxylic acid groups (broad SMARTS) is 1. The summed E-state index contributed by atoms with van der Waals surface area (Å²) < 4.78 is 0. The van der Waals surface area contributed by atoms with E-state index >= 15 is 0 Å². The molecule has 0 aliphatic heterocycles. The van der Waals surface area contributed by atoms with Gasteiger partial charge in [0.15, 0.2) is 0 Å². The summed E-state index contributed by atoms with van der Waals surface area (Å²) in [4.78, 5) is 29.3. The number of aliphatic carboxylic acids is 1. The van der Waals surface area contributed by atoms with Crippen LogP contribution in [0.3, 0.4) is 0 Å². The van der Waals surface area contributed by atoms with Crippen molar-refractivity contribution in [3.63, 3.8) is 0 Å². The number of thioether (sulfide) groups is 1. The van der Waals surface area contributed by atoms with Gasteiger partial charge in [0, 0.05) is 12.7 Å². The monoisotopic (exact) mass is 275 g/mol. The first-order valence-corrected chi connectivity index (χ1v) is 5.95. The number of rotatable bonds is 5. The highest BCUT2D eigenvalue weighted by atomic mass is 35.5. The van der Waals surface area contributed by atoms with Crippen LogP contribution in [0, 0.1) is 0 Å². The number of hydrogen-bond acceptors (Lipinski definition) is 5. The minimum Gasteiger partial charge on any atom is -0.480 e. The molecule has 2 N–H and O–H groups in total. The Balaban J connectivity index is 2.61. The minimum atomic E-state index is -1.10. The Hall–Kier alpha value is -1.34. The molecule has 0 aromatic carbocycles. The fourth-order valence-electron chi connectivity index (χ4n) is 0.990. The summed E-state index contributed by atoms with van der Waals surface area (Å²) in [6.07, 6.45) is 2.74. The second-order valence-corrected chi connectivity index (χ2v) is 4.49. The number of hydrogen-bond donors (Lipinski definition) is 2. The lowest BCUT2D eigenvalue weighted by molar-refractivity contribution is -0.140. The van der Waals surface area contributed by atoms with Gasteiger partial charge in [-0.15, -0.1) is 11.8 Å². The molecule has 8 heteroatoms. The van der Waals surface area contributed by atoms with Crippen molar-refractivity contribution in [1.29, 1.82) is 0 Å². The lowest BCUT2D eigenvalue weighted by Gasteiger charge is -2.12. The molecular weight excluding hydrogens is 266 g/mol. The van der Waals surface area contributed by atoms with Gasteiger partial charge in [0.05, 0.1) is 11.2 Å². The quantitative estimate of drug-likeness (QED) is 0.610. The third-order valence-corrected chi connectivity index (χ3v) is 3.18. The van der Waals surface area contributed by atoms with Crippen LogP contribution in [-0.2, 0) is 9.59 Å². The molecule has 0 saturated carbocycles. The fraction of sp³-hybridized carbons (Fsp3) is 0.333. The molecule has 0 aliphatic rings. The zero-order valence-electron chi connectivity index (χ0n) is 8.88. The molecule has 1 heterocycles. The third kappa shape index (κ3) is 4.58. The molecular formula is C9H10ClN3O3S. The van der Waals surface area contributed by atoms with Gasteiger partial charge in [-0.2, -0.15) is 0 Å². The van der Waals surface area contributed by atoms with E-state index in [1.165, 1.54) is 19.4 Å². The number of halogens is 1. The van der Waals surface area contributed by atoms with Crippen LogP contribution in [0.1, 0.15) is 6.92 Å². The maximum Gasteiger partial charge on any atom is 0.327 e. The van der Waals surface area contributed by atoms with Gasteiger partial charge in [0.25, 0.3) is 0 Å². The molecule has 1 aromatic rings. The van der Waals surface area contributed by atoms with Crippen molar-refractivity contribution in [1.82, 2.24) is 15.3 Å².